The van der Waals surface area contributed by atoms with E-state index in [1.54, 1.807) is 0 Å². The summed E-state index contributed by atoms with van der Waals surface area (Å²) in [7, 11) is 0. The predicted molar refractivity (Wildman–Crippen MR) is 310 cm³/mol. The van der Waals surface area contributed by atoms with Crippen molar-refractivity contribution in [2.45, 2.75) is 55.4 Å². The molecule has 0 saturated carbocycles. The summed E-state index contributed by atoms with van der Waals surface area (Å²) >= 11 is 0. The Hall–Kier alpha value is -9.22. The van der Waals surface area contributed by atoms with Crippen LogP contribution in [0.5, 0.6) is 0 Å². The van der Waals surface area contributed by atoms with Gasteiger partial charge >= 0.3 is 0 Å². The first-order valence-corrected chi connectivity index (χ1v) is 25.4. The SMILES string of the molecule is Cc1ccc(-c2ccc3c(c2)c2cc(-c4ccc(C)cc4C)ccc2n3-c2ccc(C#N)cc2-c2c(C#N)cccc2-n2c3ccc(-c4ccc(C)cc4C)cc3c3cc(-c4ccc(C)cc4C)ccc32)c(C)c1. The summed E-state index contributed by atoms with van der Waals surface area (Å²) in [6, 6.07) is 71.0. The van der Waals surface area contributed by atoms with Gasteiger partial charge in [-0.25, -0.2) is 0 Å². The van der Waals surface area contributed by atoms with E-state index < -0.39 is 0 Å². The molecule has 0 spiro atoms. The number of benzene rings is 10. The fourth-order valence-corrected chi connectivity index (χ4v) is 11.9. The second-order valence-electron chi connectivity index (χ2n) is 20.5. The molecule has 0 unspecified atom stereocenters. The molecule has 4 nitrogen and oxygen atoms in total. The Morgan fingerprint density at radius 2 is 0.676 bits per heavy atom. The van der Waals surface area contributed by atoms with E-state index >= 15 is 0 Å². The van der Waals surface area contributed by atoms with Crippen molar-refractivity contribution in [1.29, 1.82) is 10.5 Å². The first kappa shape index (κ1) is 45.9. The maximum Gasteiger partial charge on any atom is 0.0998 e. The number of nitriles is 2. The summed E-state index contributed by atoms with van der Waals surface area (Å²) in [5, 5.41) is 26.4. The molecule has 0 atom stereocenters. The highest BCUT2D eigenvalue weighted by Gasteiger charge is 2.25. The van der Waals surface area contributed by atoms with Crippen molar-refractivity contribution in [3.8, 4) is 79.1 Å². The lowest BCUT2D eigenvalue weighted by Gasteiger charge is -2.20. The molecule has 0 N–H and O–H groups in total. The number of nitrogens with zero attached hydrogens (tertiary/aromatic N) is 4. The van der Waals surface area contributed by atoms with E-state index in [9.17, 15) is 10.5 Å². The van der Waals surface area contributed by atoms with Crippen molar-refractivity contribution >= 4 is 43.6 Å². The molecular formula is C70H54N4. The van der Waals surface area contributed by atoms with Gasteiger partial charge in [-0.3, -0.25) is 0 Å². The Bertz CT molecular complexity index is 4210. The van der Waals surface area contributed by atoms with E-state index in [1.165, 1.54) is 66.8 Å². The van der Waals surface area contributed by atoms with Crippen LogP contribution in [0.25, 0.3) is 111 Å². The van der Waals surface area contributed by atoms with E-state index in [-0.39, 0.29) is 0 Å². The van der Waals surface area contributed by atoms with Gasteiger partial charge in [-0.15, -0.1) is 0 Å². The second-order valence-corrected chi connectivity index (χ2v) is 20.5. The van der Waals surface area contributed by atoms with Gasteiger partial charge in [0.25, 0.3) is 0 Å². The van der Waals surface area contributed by atoms with Crippen LogP contribution in [-0.4, -0.2) is 9.13 Å². The summed E-state index contributed by atoms with van der Waals surface area (Å²) in [6.45, 7) is 17.3. The molecule has 0 bridgehead atoms. The number of rotatable bonds is 7. The van der Waals surface area contributed by atoms with E-state index in [4.69, 9.17) is 0 Å². The van der Waals surface area contributed by atoms with Crippen LogP contribution in [0.2, 0.25) is 0 Å². The molecule has 74 heavy (non-hydrogen) atoms. The van der Waals surface area contributed by atoms with Gasteiger partial charge < -0.3 is 9.13 Å². The van der Waals surface area contributed by atoms with Crippen molar-refractivity contribution in [2.24, 2.45) is 0 Å². The minimum absolute atomic E-state index is 0.510. The zero-order valence-corrected chi connectivity index (χ0v) is 43.1. The Labute approximate surface area is 433 Å². The highest BCUT2D eigenvalue weighted by Crippen LogP contribution is 2.45. The second kappa shape index (κ2) is 17.8. The molecule has 0 aliphatic rings. The van der Waals surface area contributed by atoms with E-state index in [1.807, 2.05) is 24.3 Å². The molecule has 0 aliphatic carbocycles. The Kier molecular flexibility index (Phi) is 11.0. The standard InChI is InChI=1S/C70H54N4/c1-41-12-21-55(45(5)30-41)50-17-26-64-59(35-50)60-36-51(56-22-13-42(2)31-46(56)6)18-27-65(60)73(64)68-25-16-49(39-71)34-63(68)70-54(40-72)10-9-11-69(70)74-66-28-19-52(57-23-14-43(3)32-47(57)7)37-61(66)62-38-53(20-29-67(62)74)58-24-15-44(4)33-48(58)8/h9-38H,1-8H3. The average Bonchev–Trinajstić information content (AvgIpc) is 3.93. The topological polar surface area (TPSA) is 57.4 Å². The van der Waals surface area contributed by atoms with E-state index in [2.05, 4.69) is 234 Å². The van der Waals surface area contributed by atoms with Crippen LogP contribution in [0.3, 0.4) is 0 Å². The van der Waals surface area contributed by atoms with Crippen molar-refractivity contribution in [2.75, 3.05) is 0 Å². The number of hydrogen-bond donors (Lipinski definition) is 0. The third-order valence-corrected chi connectivity index (χ3v) is 15.3. The third-order valence-electron chi connectivity index (χ3n) is 15.3. The summed E-state index contributed by atoms with van der Waals surface area (Å²) in [4.78, 5) is 0. The average molecular weight is 951 g/mol. The summed E-state index contributed by atoms with van der Waals surface area (Å²) in [5.41, 5.74) is 27.6. The highest BCUT2D eigenvalue weighted by molar-refractivity contribution is 6.14. The summed E-state index contributed by atoms with van der Waals surface area (Å²) in [5.74, 6) is 0. The van der Waals surface area contributed by atoms with Crippen LogP contribution in [0.4, 0.5) is 0 Å². The summed E-state index contributed by atoms with van der Waals surface area (Å²) < 4.78 is 4.67. The molecule has 12 aromatic rings. The van der Waals surface area contributed by atoms with Crippen LogP contribution in [-0.2, 0) is 0 Å². The molecule has 354 valence electrons. The van der Waals surface area contributed by atoms with Gasteiger partial charge in [0.2, 0.25) is 0 Å². The number of fused-ring (bicyclic) bond motifs is 6. The Morgan fingerprint density at radius 1 is 0.311 bits per heavy atom. The van der Waals surface area contributed by atoms with Crippen molar-refractivity contribution in [1.82, 2.24) is 9.13 Å². The highest BCUT2D eigenvalue weighted by atomic mass is 15.0. The van der Waals surface area contributed by atoms with Crippen LogP contribution in [0.1, 0.15) is 55.6 Å². The molecule has 0 fully saturated rings. The zero-order valence-electron chi connectivity index (χ0n) is 43.1. The number of aromatic nitrogens is 2. The molecule has 4 heteroatoms. The minimum atomic E-state index is 0.510. The van der Waals surface area contributed by atoms with Gasteiger partial charge in [-0.1, -0.05) is 125 Å². The smallest absolute Gasteiger partial charge is 0.0998 e. The molecule has 12 rings (SSSR count). The normalized spacial score (nSPS) is 11.5. The first-order chi connectivity index (χ1) is 35.9. The molecule has 2 aromatic heterocycles. The molecule has 0 radical (unpaired) electrons. The van der Waals surface area contributed by atoms with Crippen LogP contribution in [0, 0.1) is 78.1 Å². The van der Waals surface area contributed by atoms with Gasteiger partial charge in [0.1, 0.15) is 0 Å². The largest absolute Gasteiger partial charge is 0.309 e. The van der Waals surface area contributed by atoms with Crippen LogP contribution >= 0.6 is 0 Å². The van der Waals surface area contributed by atoms with Crippen molar-refractivity contribution in [3.05, 3.63) is 238 Å². The summed E-state index contributed by atoms with van der Waals surface area (Å²) in [6.07, 6.45) is 0. The molecule has 0 saturated heterocycles. The molecule has 2 heterocycles. The van der Waals surface area contributed by atoms with Crippen LogP contribution < -0.4 is 0 Å². The molecule has 0 aliphatic heterocycles. The minimum Gasteiger partial charge on any atom is -0.309 e. The third kappa shape index (κ3) is 7.58. The van der Waals surface area contributed by atoms with Gasteiger partial charge in [-0.2, -0.15) is 10.5 Å². The number of hydrogen-bond acceptors (Lipinski definition) is 2. The fraction of sp³-hybridized carbons (Fsp3) is 0.114. The van der Waals surface area contributed by atoms with Gasteiger partial charge in [-0.05, 0) is 201 Å². The van der Waals surface area contributed by atoms with E-state index in [0.29, 0.717) is 11.1 Å². The predicted octanol–water partition coefficient (Wildman–Crippen LogP) is 18.4. The van der Waals surface area contributed by atoms with Gasteiger partial charge in [0.15, 0.2) is 0 Å². The maximum atomic E-state index is 11.3. The fourth-order valence-electron chi connectivity index (χ4n) is 11.9. The van der Waals surface area contributed by atoms with Crippen LogP contribution in [0.15, 0.2) is 182 Å². The zero-order chi connectivity index (χ0) is 51.1. The van der Waals surface area contributed by atoms with E-state index in [0.717, 1.165) is 88.4 Å². The Morgan fingerprint density at radius 3 is 1.01 bits per heavy atom. The Balaban J connectivity index is 1.15. The molecule has 0 amide bonds. The maximum absolute atomic E-state index is 11.3. The van der Waals surface area contributed by atoms with Crippen molar-refractivity contribution in [3.63, 3.8) is 0 Å². The monoisotopic (exact) mass is 950 g/mol. The lowest BCUT2D eigenvalue weighted by molar-refractivity contribution is 1.16. The van der Waals surface area contributed by atoms with Crippen molar-refractivity contribution < 1.29 is 0 Å². The number of aryl methyl sites for hydroxylation is 8. The molecular weight excluding hydrogens is 897 g/mol. The lowest BCUT2D eigenvalue weighted by Crippen LogP contribution is -2.04. The van der Waals surface area contributed by atoms with Gasteiger partial charge in [0.05, 0.1) is 56.7 Å². The van der Waals surface area contributed by atoms with Gasteiger partial charge in [0, 0.05) is 32.7 Å². The quantitative estimate of drug-likeness (QED) is 0.160. The molecule has 10 aromatic carbocycles. The first-order valence-electron chi connectivity index (χ1n) is 25.4. The lowest BCUT2D eigenvalue weighted by atomic mass is 9.94.